The highest BCUT2D eigenvalue weighted by atomic mass is 16.3. The monoisotopic (exact) mass is 460 g/mol. The first-order valence-corrected chi connectivity index (χ1v) is 12.6. The molecule has 2 bridgehead atoms. The number of likely N-dealkylation sites (tertiary alicyclic amines) is 1. The third kappa shape index (κ3) is 4.08. The number of fused-ring (bicyclic) bond motifs is 5. The lowest BCUT2D eigenvalue weighted by atomic mass is 9.82. The number of furan rings is 1. The summed E-state index contributed by atoms with van der Waals surface area (Å²) in [5.74, 6) is 1.32. The summed E-state index contributed by atoms with van der Waals surface area (Å²) < 4.78 is 7.89. The van der Waals surface area contributed by atoms with Crippen molar-refractivity contribution in [2.24, 2.45) is 5.92 Å². The van der Waals surface area contributed by atoms with Crippen LogP contribution >= 0.6 is 0 Å². The average Bonchev–Trinajstić information content (AvgIpc) is 3.27. The first kappa shape index (κ1) is 21.3. The van der Waals surface area contributed by atoms with E-state index >= 15 is 0 Å². The Morgan fingerprint density at radius 1 is 1.03 bits per heavy atom. The summed E-state index contributed by atoms with van der Waals surface area (Å²) in [5, 5.41) is 7.88. The lowest BCUT2D eigenvalue weighted by Gasteiger charge is -2.43. The van der Waals surface area contributed by atoms with Crippen molar-refractivity contribution >= 4 is 22.7 Å². The predicted molar refractivity (Wildman–Crippen MR) is 132 cm³/mol. The van der Waals surface area contributed by atoms with Crippen LogP contribution < -0.4 is 16.2 Å². The maximum atomic E-state index is 13.1. The van der Waals surface area contributed by atoms with Crippen molar-refractivity contribution in [3.63, 3.8) is 0 Å². The molecule has 2 aliphatic heterocycles. The van der Waals surface area contributed by atoms with Crippen LogP contribution in [0.15, 0.2) is 51.7 Å². The van der Waals surface area contributed by atoms with Gasteiger partial charge in [-0.3, -0.25) is 4.79 Å². The van der Waals surface area contributed by atoms with E-state index in [9.17, 15) is 9.59 Å². The summed E-state index contributed by atoms with van der Waals surface area (Å²) in [4.78, 5) is 27.8. The fraction of sp³-hybridized carbons (Fsp3) is 0.481. The van der Waals surface area contributed by atoms with E-state index in [2.05, 4.69) is 16.7 Å². The Morgan fingerprint density at radius 2 is 1.88 bits per heavy atom. The van der Waals surface area contributed by atoms with E-state index in [1.54, 1.807) is 6.07 Å². The number of hydrogen-bond acceptors (Lipinski definition) is 4. The Bertz CT molecular complexity index is 1220. The highest BCUT2D eigenvalue weighted by Crippen LogP contribution is 2.38. The van der Waals surface area contributed by atoms with Crippen LogP contribution in [0.25, 0.3) is 11.0 Å². The molecule has 3 aliphatic rings. The lowest BCUT2D eigenvalue weighted by Crippen LogP contribution is -2.53. The summed E-state index contributed by atoms with van der Waals surface area (Å²) in [7, 11) is 0. The van der Waals surface area contributed by atoms with Gasteiger partial charge in [-0.25, -0.2) is 4.79 Å². The first-order chi connectivity index (χ1) is 16.6. The smallest absolute Gasteiger partial charge is 0.317 e. The summed E-state index contributed by atoms with van der Waals surface area (Å²) in [6, 6.07) is 13.9. The van der Waals surface area contributed by atoms with Crippen LogP contribution in [0.1, 0.15) is 55.9 Å². The Balaban J connectivity index is 1.21. The van der Waals surface area contributed by atoms with E-state index in [4.69, 9.17) is 4.42 Å². The maximum absolute atomic E-state index is 13.1. The van der Waals surface area contributed by atoms with Crippen molar-refractivity contribution in [3.8, 4) is 0 Å². The molecule has 178 valence electrons. The molecule has 4 heterocycles. The van der Waals surface area contributed by atoms with Crippen molar-refractivity contribution < 1.29 is 9.21 Å². The van der Waals surface area contributed by atoms with Gasteiger partial charge >= 0.3 is 6.03 Å². The van der Waals surface area contributed by atoms with Gasteiger partial charge in [0, 0.05) is 48.7 Å². The molecule has 6 rings (SSSR count). The van der Waals surface area contributed by atoms with Crippen molar-refractivity contribution in [2.45, 2.75) is 63.6 Å². The van der Waals surface area contributed by atoms with Gasteiger partial charge in [-0.05, 0) is 43.4 Å². The van der Waals surface area contributed by atoms with Crippen molar-refractivity contribution in [3.05, 3.63) is 64.3 Å². The van der Waals surface area contributed by atoms with Gasteiger partial charge in [-0.2, -0.15) is 0 Å². The number of nitrogens with one attached hydrogen (secondary N) is 2. The number of piperidine rings is 1. The zero-order chi connectivity index (χ0) is 23.1. The van der Waals surface area contributed by atoms with E-state index in [-0.39, 0.29) is 17.5 Å². The van der Waals surface area contributed by atoms with Crippen LogP contribution in [0.4, 0.5) is 10.5 Å². The Kier molecular flexibility index (Phi) is 5.55. The molecule has 2 fully saturated rings. The van der Waals surface area contributed by atoms with Gasteiger partial charge in [0.2, 0.25) is 0 Å². The van der Waals surface area contributed by atoms with Crippen LogP contribution in [0, 0.1) is 5.92 Å². The van der Waals surface area contributed by atoms with E-state index in [0.717, 1.165) is 53.9 Å². The number of amides is 2. The van der Waals surface area contributed by atoms with E-state index in [1.165, 1.54) is 19.3 Å². The fourth-order valence-corrected chi connectivity index (χ4v) is 6.15. The molecule has 1 aliphatic carbocycles. The van der Waals surface area contributed by atoms with Crippen molar-refractivity contribution in [1.82, 2.24) is 14.8 Å². The number of nitrogens with zero attached hydrogens (tertiary/aromatic N) is 2. The Hall–Kier alpha value is -3.22. The number of pyridine rings is 1. The van der Waals surface area contributed by atoms with Crippen LogP contribution in [0.2, 0.25) is 0 Å². The molecule has 2 N–H and O–H groups in total. The maximum Gasteiger partial charge on any atom is 0.317 e. The van der Waals surface area contributed by atoms with E-state index in [1.807, 2.05) is 39.8 Å². The minimum Gasteiger partial charge on any atom is -0.459 e. The van der Waals surface area contributed by atoms with Crippen LogP contribution in [0.5, 0.6) is 0 Å². The second kappa shape index (κ2) is 8.85. The van der Waals surface area contributed by atoms with Gasteiger partial charge in [0.15, 0.2) is 0 Å². The quantitative estimate of drug-likeness (QED) is 0.593. The first-order valence-electron chi connectivity index (χ1n) is 12.6. The normalized spacial score (nSPS) is 22.4. The second-order valence-corrected chi connectivity index (χ2v) is 10.2. The standard InChI is InChI=1S/C27H32N4O3/c32-25-11-10-23(28-14-22-13-19-6-4-5-9-24(19)34-22)26-20-12-18(16-31(25)26)15-30(17-20)27(33)29-21-7-2-1-3-8-21/h4-6,9-11,13,18,20-21,28H,1-3,7-8,12,14-17H2,(H,29,33)/t18-,20+/m0/s1. The molecule has 1 saturated carbocycles. The van der Waals surface area contributed by atoms with Crippen LogP contribution in [-0.4, -0.2) is 34.6 Å². The Morgan fingerprint density at radius 3 is 2.74 bits per heavy atom. The van der Waals surface area contributed by atoms with Gasteiger partial charge in [0.1, 0.15) is 11.3 Å². The van der Waals surface area contributed by atoms with Gasteiger partial charge in [0.05, 0.1) is 12.2 Å². The zero-order valence-electron chi connectivity index (χ0n) is 19.5. The van der Waals surface area contributed by atoms with E-state index < -0.39 is 0 Å². The van der Waals surface area contributed by atoms with Gasteiger partial charge in [0.25, 0.3) is 5.56 Å². The molecule has 1 aromatic carbocycles. The highest BCUT2D eigenvalue weighted by Gasteiger charge is 2.38. The highest BCUT2D eigenvalue weighted by molar-refractivity contribution is 5.77. The van der Waals surface area contributed by atoms with Gasteiger partial charge in [-0.15, -0.1) is 0 Å². The number of anilines is 1. The van der Waals surface area contributed by atoms with Crippen molar-refractivity contribution in [1.29, 1.82) is 0 Å². The number of benzene rings is 1. The van der Waals surface area contributed by atoms with Gasteiger partial charge in [-0.1, -0.05) is 37.5 Å². The molecule has 2 amide bonds. The number of aromatic nitrogens is 1. The largest absolute Gasteiger partial charge is 0.459 e. The average molecular weight is 461 g/mol. The molecule has 2 aromatic heterocycles. The number of para-hydroxylation sites is 1. The van der Waals surface area contributed by atoms with Crippen LogP contribution in [0.3, 0.4) is 0 Å². The summed E-state index contributed by atoms with van der Waals surface area (Å²) in [6.07, 6.45) is 6.85. The molecule has 0 radical (unpaired) electrons. The SMILES string of the molecule is O=C(NC1CCCCC1)N1C[C@@H]2C[C@H](C1)c1c(NCc3cc4ccccc4o3)ccc(=O)n1C2. The molecular formula is C27H32N4O3. The Labute approximate surface area is 199 Å². The molecule has 2 atom stereocenters. The third-order valence-electron chi connectivity index (χ3n) is 7.74. The molecule has 0 spiro atoms. The van der Waals surface area contributed by atoms with Crippen LogP contribution in [-0.2, 0) is 13.1 Å². The number of hydrogen-bond donors (Lipinski definition) is 2. The number of carbonyl (C=O) groups excluding carboxylic acids is 1. The molecule has 0 unspecified atom stereocenters. The summed E-state index contributed by atoms with van der Waals surface area (Å²) in [5.41, 5.74) is 2.90. The fourth-order valence-electron chi connectivity index (χ4n) is 6.15. The molecule has 34 heavy (non-hydrogen) atoms. The number of urea groups is 1. The summed E-state index contributed by atoms with van der Waals surface area (Å²) in [6.45, 7) is 2.58. The molecule has 7 nitrogen and oxygen atoms in total. The summed E-state index contributed by atoms with van der Waals surface area (Å²) >= 11 is 0. The molecular weight excluding hydrogens is 428 g/mol. The lowest BCUT2D eigenvalue weighted by molar-refractivity contribution is 0.128. The third-order valence-corrected chi connectivity index (χ3v) is 7.74. The molecule has 1 saturated heterocycles. The second-order valence-electron chi connectivity index (χ2n) is 10.2. The van der Waals surface area contributed by atoms with E-state index in [0.29, 0.717) is 31.6 Å². The molecule has 3 aromatic rings. The predicted octanol–water partition coefficient (Wildman–Crippen LogP) is 4.67. The number of rotatable bonds is 4. The van der Waals surface area contributed by atoms with Gasteiger partial charge < -0.3 is 24.5 Å². The van der Waals surface area contributed by atoms with Crippen molar-refractivity contribution in [2.75, 3.05) is 18.4 Å². The topological polar surface area (TPSA) is 79.5 Å². The minimum absolute atomic E-state index is 0.0408. The molecule has 7 heteroatoms. The zero-order valence-corrected chi connectivity index (χ0v) is 19.5. The minimum atomic E-state index is 0.0408. The number of carbonyl (C=O) groups is 1.